The van der Waals surface area contributed by atoms with E-state index in [0.29, 0.717) is 19.4 Å². The summed E-state index contributed by atoms with van der Waals surface area (Å²) in [6.45, 7) is 3.71. The molecule has 0 aromatic heterocycles. The Labute approximate surface area is 146 Å². The molecule has 0 radical (unpaired) electrons. The van der Waals surface area contributed by atoms with Gasteiger partial charge in [0.25, 0.3) is 10.0 Å². The van der Waals surface area contributed by atoms with E-state index in [1.807, 2.05) is 0 Å². The molecule has 0 aromatic carbocycles. The topological polar surface area (TPSA) is 122 Å². The average Bonchev–Trinajstić information content (AvgIpc) is 2.57. The van der Waals surface area contributed by atoms with Gasteiger partial charge in [0.15, 0.2) is 0 Å². The molecule has 0 aromatic rings. The van der Waals surface area contributed by atoms with Crippen LogP contribution in [-0.4, -0.2) is 62.5 Å². The number of rotatable bonds is 8. The van der Waals surface area contributed by atoms with Crippen LogP contribution in [0.5, 0.6) is 0 Å². The number of hydrogen-bond donors (Lipinski definition) is 3. The summed E-state index contributed by atoms with van der Waals surface area (Å²) in [5, 5.41) is 5.09. The van der Waals surface area contributed by atoms with E-state index in [1.165, 1.54) is 0 Å². The van der Waals surface area contributed by atoms with Crippen molar-refractivity contribution < 1.29 is 26.8 Å². The van der Waals surface area contributed by atoms with Crippen molar-refractivity contribution in [2.24, 2.45) is 17.6 Å². The third kappa shape index (κ3) is 6.48. The highest BCUT2D eigenvalue weighted by Crippen LogP contribution is 2.22. The highest BCUT2D eigenvalue weighted by molar-refractivity contribution is 7.89. The first kappa shape index (κ1) is 21.7. The number of alkyl halides is 2. The van der Waals surface area contributed by atoms with Gasteiger partial charge in [0, 0.05) is 19.6 Å². The fourth-order valence-electron chi connectivity index (χ4n) is 2.39. The predicted octanol–water partition coefficient (Wildman–Crippen LogP) is -0.533. The Morgan fingerprint density at radius 1 is 1.20 bits per heavy atom. The van der Waals surface area contributed by atoms with Gasteiger partial charge in [-0.1, -0.05) is 13.8 Å². The van der Waals surface area contributed by atoms with E-state index >= 15 is 0 Å². The van der Waals surface area contributed by atoms with Gasteiger partial charge in [-0.25, -0.2) is 8.42 Å². The normalized spacial score (nSPS) is 18.4. The smallest absolute Gasteiger partial charge is 0.350 e. The molecule has 2 amide bonds. The summed E-state index contributed by atoms with van der Waals surface area (Å²) in [5.41, 5.74) is 5.66. The van der Waals surface area contributed by atoms with Gasteiger partial charge < -0.3 is 16.4 Å². The molecule has 1 aliphatic heterocycles. The largest absolute Gasteiger partial charge is 0.354 e. The Hall–Kier alpha value is -1.33. The van der Waals surface area contributed by atoms with Crippen molar-refractivity contribution in [3.63, 3.8) is 0 Å². The lowest BCUT2D eigenvalue weighted by atomic mass is 9.98. The molecule has 1 aliphatic rings. The molecule has 11 heteroatoms. The van der Waals surface area contributed by atoms with E-state index in [-0.39, 0.29) is 37.4 Å². The number of amides is 2. The summed E-state index contributed by atoms with van der Waals surface area (Å²) in [5.74, 6) is -4.24. The Morgan fingerprint density at radius 2 is 1.76 bits per heavy atom. The maximum Gasteiger partial charge on any atom is 0.350 e. The van der Waals surface area contributed by atoms with E-state index in [2.05, 4.69) is 10.6 Å². The van der Waals surface area contributed by atoms with Gasteiger partial charge in [-0.3, -0.25) is 9.59 Å². The van der Waals surface area contributed by atoms with Crippen LogP contribution >= 0.6 is 0 Å². The molecule has 0 bridgehead atoms. The van der Waals surface area contributed by atoms with Gasteiger partial charge in [-0.2, -0.15) is 13.1 Å². The van der Waals surface area contributed by atoms with Gasteiger partial charge in [0.05, 0.1) is 12.6 Å². The lowest BCUT2D eigenvalue weighted by Crippen LogP contribution is -2.48. The predicted molar refractivity (Wildman–Crippen MR) is 88.1 cm³/mol. The zero-order valence-corrected chi connectivity index (χ0v) is 15.2. The van der Waals surface area contributed by atoms with Crippen molar-refractivity contribution in [3.8, 4) is 0 Å². The minimum atomic E-state index is -4.53. The zero-order chi connectivity index (χ0) is 19.2. The average molecular weight is 384 g/mol. The summed E-state index contributed by atoms with van der Waals surface area (Å²) < 4.78 is 48.5. The Balaban J connectivity index is 2.29. The van der Waals surface area contributed by atoms with Gasteiger partial charge in [-0.15, -0.1) is 0 Å². The molecule has 1 rings (SSSR count). The fraction of sp³-hybridized carbons (Fsp3) is 0.857. The molecule has 0 unspecified atom stereocenters. The van der Waals surface area contributed by atoms with Crippen LogP contribution in [0.1, 0.15) is 26.7 Å². The first-order valence-corrected chi connectivity index (χ1v) is 9.63. The summed E-state index contributed by atoms with van der Waals surface area (Å²) in [7, 11) is -4.53. The molecule has 146 valence electrons. The van der Waals surface area contributed by atoms with Crippen molar-refractivity contribution >= 4 is 21.8 Å². The maximum absolute atomic E-state index is 12.5. The lowest BCUT2D eigenvalue weighted by molar-refractivity contribution is -0.127. The molecule has 8 nitrogen and oxygen atoms in total. The van der Waals surface area contributed by atoms with E-state index in [1.54, 1.807) is 13.8 Å². The van der Waals surface area contributed by atoms with Gasteiger partial charge in [0.2, 0.25) is 11.8 Å². The van der Waals surface area contributed by atoms with Gasteiger partial charge in [-0.05, 0) is 24.7 Å². The fourth-order valence-corrected chi connectivity index (χ4v) is 3.33. The van der Waals surface area contributed by atoms with Crippen molar-refractivity contribution in [1.29, 1.82) is 0 Å². The van der Waals surface area contributed by atoms with Crippen LogP contribution < -0.4 is 16.4 Å². The van der Waals surface area contributed by atoms with Crippen LogP contribution in [-0.2, 0) is 19.6 Å². The van der Waals surface area contributed by atoms with E-state index in [4.69, 9.17) is 5.73 Å². The van der Waals surface area contributed by atoms with Crippen LogP contribution in [0.3, 0.4) is 0 Å². The molecule has 1 fully saturated rings. The number of halogens is 2. The van der Waals surface area contributed by atoms with E-state index in [0.717, 1.165) is 4.31 Å². The lowest BCUT2D eigenvalue weighted by Gasteiger charge is -2.30. The van der Waals surface area contributed by atoms with Crippen molar-refractivity contribution in [2.75, 3.05) is 26.2 Å². The molecular weight excluding hydrogens is 358 g/mol. The molecule has 0 saturated carbocycles. The molecular formula is C14H26F2N4O4S. The zero-order valence-electron chi connectivity index (χ0n) is 14.4. The monoisotopic (exact) mass is 384 g/mol. The molecule has 0 aliphatic carbocycles. The second kappa shape index (κ2) is 9.39. The SMILES string of the molecule is CC(C)[C@H](N)C(=O)NCC(=O)NCC1CCN(S(=O)(=O)C(F)F)CC1. The highest BCUT2D eigenvalue weighted by Gasteiger charge is 2.34. The Bertz CT molecular complexity index is 563. The first-order valence-electron chi connectivity index (χ1n) is 8.12. The van der Waals surface area contributed by atoms with Gasteiger partial charge in [0.1, 0.15) is 0 Å². The third-order valence-electron chi connectivity index (χ3n) is 4.19. The van der Waals surface area contributed by atoms with Crippen LogP contribution in [0, 0.1) is 11.8 Å². The molecule has 25 heavy (non-hydrogen) atoms. The molecule has 0 spiro atoms. The number of carbonyl (C=O) groups excluding carboxylic acids is 2. The minimum absolute atomic E-state index is 0.00157. The minimum Gasteiger partial charge on any atom is -0.354 e. The molecule has 1 atom stereocenters. The number of piperidine rings is 1. The number of nitrogens with two attached hydrogens (primary N) is 1. The Morgan fingerprint density at radius 3 is 2.24 bits per heavy atom. The summed E-state index contributed by atoms with van der Waals surface area (Å²) in [6.07, 6.45) is 0.771. The Kier molecular flexibility index (Phi) is 8.16. The maximum atomic E-state index is 12.5. The second-order valence-corrected chi connectivity index (χ2v) is 8.34. The highest BCUT2D eigenvalue weighted by atomic mass is 32.2. The van der Waals surface area contributed by atoms with Crippen LogP contribution in [0.15, 0.2) is 0 Å². The number of carbonyl (C=O) groups is 2. The summed E-state index contributed by atoms with van der Waals surface area (Å²) in [6, 6.07) is -0.686. The van der Waals surface area contributed by atoms with Crippen LogP contribution in [0.25, 0.3) is 0 Å². The van der Waals surface area contributed by atoms with Crippen molar-refractivity contribution in [1.82, 2.24) is 14.9 Å². The number of sulfonamides is 1. The molecule has 1 heterocycles. The van der Waals surface area contributed by atoms with E-state index < -0.39 is 27.7 Å². The number of hydrogen-bond acceptors (Lipinski definition) is 5. The standard InChI is InChI=1S/C14H26F2N4O4S/c1-9(2)12(17)13(22)19-8-11(21)18-7-10-3-5-20(6-4-10)25(23,24)14(15)16/h9-10,12,14H,3-8,17H2,1-2H3,(H,18,21)(H,19,22)/t12-/m0/s1. The number of nitrogens with one attached hydrogen (secondary N) is 2. The molecule has 1 saturated heterocycles. The van der Waals surface area contributed by atoms with E-state index in [9.17, 15) is 26.8 Å². The van der Waals surface area contributed by atoms with Crippen molar-refractivity contribution in [2.45, 2.75) is 38.5 Å². The number of nitrogens with zero attached hydrogens (tertiary/aromatic N) is 1. The molecule has 4 N–H and O–H groups in total. The quantitative estimate of drug-likeness (QED) is 0.519. The first-order chi connectivity index (χ1) is 11.6. The van der Waals surface area contributed by atoms with Crippen LogP contribution in [0.2, 0.25) is 0 Å². The summed E-state index contributed by atoms with van der Waals surface area (Å²) in [4.78, 5) is 23.4. The van der Waals surface area contributed by atoms with Crippen LogP contribution in [0.4, 0.5) is 8.78 Å². The second-order valence-electron chi connectivity index (χ2n) is 6.44. The van der Waals surface area contributed by atoms with Gasteiger partial charge >= 0.3 is 5.76 Å². The van der Waals surface area contributed by atoms with Crippen molar-refractivity contribution in [3.05, 3.63) is 0 Å². The summed E-state index contributed by atoms with van der Waals surface area (Å²) >= 11 is 0. The third-order valence-corrected chi connectivity index (χ3v) is 5.73.